The van der Waals surface area contributed by atoms with E-state index in [9.17, 15) is 14.4 Å². The molecule has 1 aromatic carbocycles. The lowest BCUT2D eigenvalue weighted by atomic mass is 10.1. The quantitative estimate of drug-likeness (QED) is 0.700. The van der Waals surface area contributed by atoms with Gasteiger partial charge < -0.3 is 15.5 Å². The van der Waals surface area contributed by atoms with Crippen LogP contribution >= 0.6 is 11.8 Å². The summed E-state index contributed by atoms with van der Waals surface area (Å²) in [6.07, 6.45) is 5.12. The molecule has 3 amide bonds. The number of likely N-dealkylation sites (tertiary alicyclic amines) is 1. The zero-order valence-corrected chi connectivity index (χ0v) is 18.4. The van der Waals surface area contributed by atoms with E-state index in [2.05, 4.69) is 25.5 Å². The Balaban J connectivity index is 1.29. The number of aromatic nitrogens is 1. The van der Waals surface area contributed by atoms with E-state index in [-0.39, 0.29) is 24.1 Å². The number of aliphatic imine (C=N–C) groups is 1. The SMILES string of the molecule is O=C(CC1SC(N2CCCCC2)=NC1=O)Nc1cccc(C(=O)NCc2ccccn2)c1. The molecule has 0 aliphatic carbocycles. The van der Waals surface area contributed by atoms with Crippen LogP contribution < -0.4 is 10.6 Å². The van der Waals surface area contributed by atoms with E-state index in [0.29, 0.717) is 17.8 Å². The number of nitrogens with one attached hydrogen (secondary N) is 2. The number of carbonyl (C=O) groups is 3. The summed E-state index contributed by atoms with van der Waals surface area (Å²) in [5, 5.41) is 5.84. The predicted octanol–water partition coefficient (Wildman–Crippen LogP) is 2.82. The number of benzene rings is 1. The minimum Gasteiger partial charge on any atom is -0.351 e. The standard InChI is InChI=1S/C23H25N5O3S/c29-20(14-19-22(31)27-23(32-19)28-11-4-1-5-12-28)26-17-9-6-7-16(13-17)21(30)25-15-18-8-2-3-10-24-18/h2-3,6-10,13,19H,1,4-5,11-12,14-15H2,(H,25,30)(H,26,29). The molecule has 0 bridgehead atoms. The number of thioether (sulfide) groups is 1. The Labute approximate surface area is 190 Å². The van der Waals surface area contributed by atoms with Crippen molar-refractivity contribution >= 4 is 40.3 Å². The van der Waals surface area contributed by atoms with Crippen LogP contribution in [0.15, 0.2) is 53.7 Å². The molecule has 32 heavy (non-hydrogen) atoms. The number of rotatable bonds is 6. The maximum atomic E-state index is 12.5. The van der Waals surface area contributed by atoms with Crippen molar-refractivity contribution in [1.29, 1.82) is 0 Å². The van der Waals surface area contributed by atoms with Crippen LogP contribution in [0.4, 0.5) is 5.69 Å². The molecule has 9 heteroatoms. The predicted molar refractivity (Wildman–Crippen MR) is 124 cm³/mol. The van der Waals surface area contributed by atoms with Crippen LogP contribution in [0.1, 0.15) is 41.7 Å². The first kappa shape index (κ1) is 22.0. The Morgan fingerprint density at radius 2 is 1.94 bits per heavy atom. The van der Waals surface area contributed by atoms with Gasteiger partial charge in [-0.05, 0) is 49.6 Å². The summed E-state index contributed by atoms with van der Waals surface area (Å²) in [7, 11) is 0. The minimum absolute atomic E-state index is 0.0421. The summed E-state index contributed by atoms with van der Waals surface area (Å²) in [6, 6.07) is 12.2. The average molecular weight is 452 g/mol. The third-order valence-electron chi connectivity index (χ3n) is 5.29. The topological polar surface area (TPSA) is 104 Å². The molecule has 2 aliphatic rings. The normalized spacial score (nSPS) is 18.2. The number of anilines is 1. The summed E-state index contributed by atoms with van der Waals surface area (Å²) in [5.74, 6) is -0.793. The van der Waals surface area contributed by atoms with E-state index in [0.717, 1.165) is 36.8 Å². The summed E-state index contributed by atoms with van der Waals surface area (Å²) in [4.78, 5) is 47.7. The zero-order chi connectivity index (χ0) is 22.3. The van der Waals surface area contributed by atoms with E-state index < -0.39 is 5.25 Å². The van der Waals surface area contributed by atoms with Gasteiger partial charge in [-0.15, -0.1) is 0 Å². The molecule has 4 rings (SSSR count). The van der Waals surface area contributed by atoms with E-state index >= 15 is 0 Å². The highest BCUT2D eigenvalue weighted by molar-refractivity contribution is 8.15. The van der Waals surface area contributed by atoms with Crippen molar-refractivity contribution in [3.05, 3.63) is 59.9 Å². The lowest BCUT2D eigenvalue weighted by molar-refractivity contribution is -0.121. The fourth-order valence-corrected chi connectivity index (χ4v) is 4.74. The van der Waals surface area contributed by atoms with Crippen LogP contribution in [-0.4, -0.2) is 51.1 Å². The number of hydrogen-bond acceptors (Lipinski definition) is 6. The molecule has 1 unspecified atom stereocenters. The monoisotopic (exact) mass is 451 g/mol. The van der Waals surface area contributed by atoms with E-state index in [1.165, 1.54) is 18.2 Å². The molecule has 8 nitrogen and oxygen atoms in total. The molecule has 0 radical (unpaired) electrons. The van der Waals surface area contributed by atoms with Gasteiger partial charge in [0, 0.05) is 37.0 Å². The van der Waals surface area contributed by atoms with Crippen molar-refractivity contribution in [2.24, 2.45) is 4.99 Å². The van der Waals surface area contributed by atoms with Gasteiger partial charge >= 0.3 is 0 Å². The Hall–Kier alpha value is -3.20. The molecule has 2 aromatic rings. The summed E-state index contributed by atoms with van der Waals surface area (Å²) >= 11 is 1.37. The first-order valence-electron chi connectivity index (χ1n) is 10.7. The van der Waals surface area contributed by atoms with Crippen molar-refractivity contribution < 1.29 is 14.4 Å². The number of carbonyl (C=O) groups excluding carboxylic acids is 3. The second kappa shape index (κ2) is 10.4. The molecular weight excluding hydrogens is 426 g/mol. The second-order valence-electron chi connectivity index (χ2n) is 7.72. The molecule has 2 aliphatic heterocycles. The summed E-state index contributed by atoms with van der Waals surface area (Å²) in [6.45, 7) is 2.14. The summed E-state index contributed by atoms with van der Waals surface area (Å²) < 4.78 is 0. The van der Waals surface area contributed by atoms with E-state index in [1.54, 1.807) is 30.5 Å². The number of hydrogen-bond donors (Lipinski definition) is 2. The number of nitrogens with zero attached hydrogens (tertiary/aromatic N) is 3. The van der Waals surface area contributed by atoms with Crippen LogP contribution in [0.5, 0.6) is 0 Å². The second-order valence-corrected chi connectivity index (χ2v) is 8.89. The van der Waals surface area contributed by atoms with Crippen molar-refractivity contribution in [1.82, 2.24) is 15.2 Å². The number of pyridine rings is 1. The Kier molecular flexibility index (Phi) is 7.16. The smallest absolute Gasteiger partial charge is 0.262 e. The fraction of sp³-hybridized carbons (Fsp3) is 0.348. The number of piperidine rings is 1. The molecule has 0 spiro atoms. The molecule has 0 saturated carbocycles. The fourth-order valence-electron chi connectivity index (χ4n) is 3.62. The first-order chi connectivity index (χ1) is 15.6. The average Bonchev–Trinajstić information content (AvgIpc) is 3.19. The highest BCUT2D eigenvalue weighted by atomic mass is 32.2. The van der Waals surface area contributed by atoms with E-state index in [1.807, 2.05) is 18.2 Å². The molecule has 3 heterocycles. The van der Waals surface area contributed by atoms with Crippen molar-refractivity contribution in [3.8, 4) is 0 Å². The van der Waals surface area contributed by atoms with Crippen LogP contribution in [0.2, 0.25) is 0 Å². The molecule has 1 fully saturated rings. The Morgan fingerprint density at radius 1 is 1.09 bits per heavy atom. The first-order valence-corrected chi connectivity index (χ1v) is 11.6. The third-order valence-corrected chi connectivity index (χ3v) is 6.50. The number of amides is 3. The maximum Gasteiger partial charge on any atom is 0.262 e. The van der Waals surface area contributed by atoms with Gasteiger partial charge in [0.1, 0.15) is 5.25 Å². The van der Waals surface area contributed by atoms with Crippen LogP contribution in [0.3, 0.4) is 0 Å². The van der Waals surface area contributed by atoms with Crippen molar-refractivity contribution in [3.63, 3.8) is 0 Å². The highest BCUT2D eigenvalue weighted by Crippen LogP contribution is 2.29. The van der Waals surface area contributed by atoms with Crippen molar-refractivity contribution in [2.45, 2.75) is 37.5 Å². The lowest BCUT2D eigenvalue weighted by Crippen LogP contribution is -2.33. The molecule has 1 aromatic heterocycles. The zero-order valence-electron chi connectivity index (χ0n) is 17.6. The Morgan fingerprint density at radius 3 is 2.72 bits per heavy atom. The third kappa shape index (κ3) is 5.73. The number of amidine groups is 1. The van der Waals surface area contributed by atoms with Crippen LogP contribution in [-0.2, 0) is 16.1 Å². The molecule has 1 saturated heterocycles. The van der Waals surface area contributed by atoms with Gasteiger partial charge in [-0.1, -0.05) is 23.9 Å². The van der Waals surface area contributed by atoms with Gasteiger partial charge in [0.25, 0.3) is 11.8 Å². The summed E-state index contributed by atoms with van der Waals surface area (Å²) in [5.41, 5.74) is 1.70. The highest BCUT2D eigenvalue weighted by Gasteiger charge is 2.33. The van der Waals surface area contributed by atoms with Gasteiger partial charge in [0.15, 0.2) is 5.17 Å². The largest absolute Gasteiger partial charge is 0.351 e. The van der Waals surface area contributed by atoms with Gasteiger partial charge in [-0.25, -0.2) is 0 Å². The molecule has 2 N–H and O–H groups in total. The maximum absolute atomic E-state index is 12.5. The molecule has 1 atom stereocenters. The van der Waals surface area contributed by atoms with Crippen LogP contribution in [0.25, 0.3) is 0 Å². The minimum atomic E-state index is -0.503. The van der Waals surface area contributed by atoms with Crippen LogP contribution in [0, 0.1) is 0 Å². The molecular formula is C23H25N5O3S. The van der Waals surface area contributed by atoms with Gasteiger partial charge in [0.05, 0.1) is 12.2 Å². The van der Waals surface area contributed by atoms with Gasteiger partial charge in [-0.3, -0.25) is 19.4 Å². The molecule has 166 valence electrons. The van der Waals surface area contributed by atoms with Crippen molar-refractivity contribution in [2.75, 3.05) is 18.4 Å². The van der Waals surface area contributed by atoms with Gasteiger partial charge in [-0.2, -0.15) is 4.99 Å². The Bertz CT molecular complexity index is 1020. The van der Waals surface area contributed by atoms with E-state index in [4.69, 9.17) is 0 Å². The lowest BCUT2D eigenvalue weighted by Gasteiger charge is -2.27. The van der Waals surface area contributed by atoms with Gasteiger partial charge in [0.2, 0.25) is 5.91 Å².